The van der Waals surface area contributed by atoms with Crippen molar-refractivity contribution in [3.63, 3.8) is 0 Å². The van der Waals surface area contributed by atoms with E-state index in [-0.39, 0.29) is 18.4 Å². The molecule has 0 aliphatic heterocycles. The number of halogens is 2. The fraction of sp³-hybridized carbons (Fsp3) is 0.455. The van der Waals surface area contributed by atoms with Crippen molar-refractivity contribution in [2.75, 3.05) is 19.6 Å². The highest BCUT2D eigenvalue weighted by Crippen LogP contribution is 2.32. The first-order chi connectivity index (χ1) is 8.49. The number of rotatable bonds is 5. The standard InChI is InChI=1S/C11H14Br2N2O2S/c1-3-15(4-2)9(16)6-14-11(17)8-5-7(12)10(13)18-8/h5H,3-4,6H2,1-2H3,(H,14,17). The Morgan fingerprint density at radius 1 is 1.33 bits per heavy atom. The lowest BCUT2D eigenvalue weighted by molar-refractivity contribution is -0.129. The molecule has 1 N–H and O–H groups in total. The van der Waals surface area contributed by atoms with E-state index in [1.807, 2.05) is 13.8 Å². The second kappa shape index (κ2) is 7.25. The Bertz CT molecular complexity index is 425. The Kier molecular flexibility index (Phi) is 6.31. The average Bonchev–Trinajstić information content (AvgIpc) is 2.68. The van der Waals surface area contributed by atoms with Crippen molar-refractivity contribution in [2.45, 2.75) is 13.8 Å². The van der Waals surface area contributed by atoms with Crippen LogP contribution in [-0.4, -0.2) is 36.3 Å². The van der Waals surface area contributed by atoms with E-state index in [0.717, 1.165) is 8.26 Å². The van der Waals surface area contributed by atoms with Gasteiger partial charge in [-0.15, -0.1) is 11.3 Å². The van der Waals surface area contributed by atoms with Crippen LogP contribution in [0.4, 0.5) is 0 Å². The zero-order valence-electron chi connectivity index (χ0n) is 10.1. The molecule has 0 aliphatic carbocycles. The summed E-state index contributed by atoms with van der Waals surface area (Å²) in [6.07, 6.45) is 0. The lowest BCUT2D eigenvalue weighted by Crippen LogP contribution is -2.39. The number of carbonyl (C=O) groups excluding carboxylic acids is 2. The van der Waals surface area contributed by atoms with Gasteiger partial charge in [0.25, 0.3) is 5.91 Å². The van der Waals surface area contributed by atoms with Gasteiger partial charge in [0.1, 0.15) is 0 Å². The van der Waals surface area contributed by atoms with Gasteiger partial charge < -0.3 is 10.2 Å². The van der Waals surface area contributed by atoms with Gasteiger partial charge in [0, 0.05) is 17.6 Å². The lowest BCUT2D eigenvalue weighted by Gasteiger charge is -2.18. The summed E-state index contributed by atoms with van der Waals surface area (Å²) in [4.78, 5) is 25.8. The normalized spacial score (nSPS) is 10.2. The van der Waals surface area contributed by atoms with Crippen LogP contribution in [0.5, 0.6) is 0 Å². The van der Waals surface area contributed by atoms with E-state index in [0.29, 0.717) is 18.0 Å². The van der Waals surface area contributed by atoms with Crippen LogP contribution in [-0.2, 0) is 4.79 Å². The van der Waals surface area contributed by atoms with Crippen LogP contribution in [0.15, 0.2) is 14.3 Å². The Labute approximate surface area is 127 Å². The van der Waals surface area contributed by atoms with Crippen molar-refractivity contribution in [3.8, 4) is 0 Å². The van der Waals surface area contributed by atoms with Crippen LogP contribution in [0.1, 0.15) is 23.5 Å². The predicted octanol–water partition coefficient (Wildman–Crippen LogP) is 2.87. The Morgan fingerprint density at radius 2 is 1.94 bits per heavy atom. The topological polar surface area (TPSA) is 49.4 Å². The van der Waals surface area contributed by atoms with Crippen molar-refractivity contribution in [1.29, 1.82) is 0 Å². The predicted molar refractivity (Wildman–Crippen MR) is 80.0 cm³/mol. The number of carbonyl (C=O) groups is 2. The summed E-state index contributed by atoms with van der Waals surface area (Å²) in [6, 6.07) is 1.73. The summed E-state index contributed by atoms with van der Waals surface area (Å²) in [5, 5.41) is 2.63. The van der Waals surface area contributed by atoms with E-state index >= 15 is 0 Å². The van der Waals surface area contributed by atoms with Crippen molar-refractivity contribution >= 4 is 55.0 Å². The molecule has 0 atom stereocenters. The molecular formula is C11H14Br2N2O2S. The first-order valence-corrected chi connectivity index (χ1v) is 7.90. The zero-order valence-corrected chi connectivity index (χ0v) is 14.1. The van der Waals surface area contributed by atoms with Gasteiger partial charge in [-0.05, 0) is 51.8 Å². The molecular weight excluding hydrogens is 384 g/mol. The van der Waals surface area contributed by atoms with Gasteiger partial charge in [-0.1, -0.05) is 0 Å². The third-order valence-electron chi connectivity index (χ3n) is 2.39. The van der Waals surface area contributed by atoms with Crippen LogP contribution < -0.4 is 5.32 Å². The molecule has 0 aromatic carbocycles. The smallest absolute Gasteiger partial charge is 0.261 e. The third kappa shape index (κ3) is 4.07. The minimum Gasteiger partial charge on any atom is -0.342 e. The molecule has 18 heavy (non-hydrogen) atoms. The van der Waals surface area contributed by atoms with E-state index < -0.39 is 0 Å². The van der Waals surface area contributed by atoms with E-state index in [4.69, 9.17) is 0 Å². The molecule has 0 spiro atoms. The molecule has 1 rings (SSSR count). The van der Waals surface area contributed by atoms with Crippen molar-refractivity contribution < 1.29 is 9.59 Å². The van der Waals surface area contributed by atoms with Crippen LogP contribution in [0.2, 0.25) is 0 Å². The molecule has 100 valence electrons. The molecule has 1 heterocycles. The van der Waals surface area contributed by atoms with Gasteiger partial charge in [-0.2, -0.15) is 0 Å². The first-order valence-electron chi connectivity index (χ1n) is 5.50. The number of thiophene rings is 1. The lowest BCUT2D eigenvalue weighted by atomic mass is 10.4. The second-order valence-corrected chi connectivity index (χ2v) is 6.71. The second-order valence-electron chi connectivity index (χ2n) is 3.48. The monoisotopic (exact) mass is 396 g/mol. The average molecular weight is 398 g/mol. The van der Waals surface area contributed by atoms with Crippen molar-refractivity contribution in [2.24, 2.45) is 0 Å². The Balaban J connectivity index is 2.53. The van der Waals surface area contributed by atoms with Gasteiger partial charge in [-0.3, -0.25) is 9.59 Å². The number of amides is 2. The summed E-state index contributed by atoms with van der Waals surface area (Å²) < 4.78 is 1.70. The summed E-state index contributed by atoms with van der Waals surface area (Å²) in [7, 11) is 0. The molecule has 1 aromatic rings. The molecule has 2 amide bonds. The minimum atomic E-state index is -0.230. The van der Waals surface area contributed by atoms with Crippen LogP contribution in [0.3, 0.4) is 0 Å². The number of hydrogen-bond donors (Lipinski definition) is 1. The molecule has 0 fully saturated rings. The van der Waals surface area contributed by atoms with Crippen LogP contribution in [0.25, 0.3) is 0 Å². The van der Waals surface area contributed by atoms with Crippen molar-refractivity contribution in [1.82, 2.24) is 10.2 Å². The maximum atomic E-state index is 11.8. The quantitative estimate of drug-likeness (QED) is 0.830. The zero-order chi connectivity index (χ0) is 13.7. The number of nitrogens with zero attached hydrogens (tertiary/aromatic N) is 1. The Hall–Kier alpha value is -0.400. The molecule has 0 aliphatic rings. The SMILES string of the molecule is CCN(CC)C(=O)CNC(=O)c1cc(Br)c(Br)s1. The summed E-state index contributed by atoms with van der Waals surface area (Å²) in [5.41, 5.74) is 0. The first kappa shape index (κ1) is 15.7. The molecule has 0 saturated heterocycles. The highest BCUT2D eigenvalue weighted by atomic mass is 79.9. The maximum Gasteiger partial charge on any atom is 0.261 e. The van der Waals surface area contributed by atoms with E-state index in [1.165, 1.54) is 11.3 Å². The number of likely N-dealkylation sites (N-methyl/N-ethyl adjacent to an activating group) is 1. The van der Waals surface area contributed by atoms with Gasteiger partial charge in [-0.25, -0.2) is 0 Å². The number of hydrogen-bond acceptors (Lipinski definition) is 3. The molecule has 1 aromatic heterocycles. The van der Waals surface area contributed by atoms with Gasteiger partial charge >= 0.3 is 0 Å². The molecule has 7 heteroatoms. The number of nitrogens with one attached hydrogen (secondary N) is 1. The summed E-state index contributed by atoms with van der Waals surface area (Å²) in [5.74, 6) is -0.296. The van der Waals surface area contributed by atoms with Crippen LogP contribution in [0, 0.1) is 0 Å². The van der Waals surface area contributed by atoms with Crippen LogP contribution >= 0.6 is 43.2 Å². The van der Waals surface area contributed by atoms with E-state index in [1.54, 1.807) is 11.0 Å². The third-order valence-corrected chi connectivity index (χ3v) is 5.64. The largest absolute Gasteiger partial charge is 0.342 e. The highest BCUT2D eigenvalue weighted by molar-refractivity contribution is 9.13. The molecule has 4 nitrogen and oxygen atoms in total. The van der Waals surface area contributed by atoms with Gasteiger partial charge in [0.2, 0.25) is 5.91 Å². The highest BCUT2D eigenvalue weighted by Gasteiger charge is 2.14. The summed E-state index contributed by atoms with van der Waals surface area (Å²) >= 11 is 7.97. The van der Waals surface area contributed by atoms with E-state index in [9.17, 15) is 9.59 Å². The fourth-order valence-electron chi connectivity index (χ4n) is 1.39. The van der Waals surface area contributed by atoms with Gasteiger partial charge in [0.15, 0.2) is 0 Å². The minimum absolute atomic E-state index is 0.0354. The fourth-order valence-corrected chi connectivity index (χ4v) is 3.34. The Morgan fingerprint density at radius 3 is 2.39 bits per heavy atom. The van der Waals surface area contributed by atoms with E-state index in [2.05, 4.69) is 37.2 Å². The summed E-state index contributed by atoms with van der Waals surface area (Å²) in [6.45, 7) is 5.17. The molecule has 0 bridgehead atoms. The maximum absolute atomic E-state index is 11.8. The molecule has 0 saturated carbocycles. The van der Waals surface area contributed by atoms with Crippen molar-refractivity contribution in [3.05, 3.63) is 19.2 Å². The van der Waals surface area contributed by atoms with Gasteiger partial charge in [0.05, 0.1) is 15.2 Å². The molecule has 0 unspecified atom stereocenters. The molecule has 0 radical (unpaired) electrons.